The zero-order chi connectivity index (χ0) is 12.1. The number of hydrogen-bond acceptors (Lipinski definition) is 4. The molecule has 0 saturated carbocycles. The fourth-order valence-electron chi connectivity index (χ4n) is 1.09. The third kappa shape index (κ3) is 3.38. The van der Waals surface area contributed by atoms with Crippen LogP contribution in [0.15, 0.2) is 36.6 Å². The fraction of sp³-hybridized carbons (Fsp3) is 0.333. The monoisotopic (exact) mass is 222 g/mol. The van der Waals surface area contributed by atoms with Crippen molar-refractivity contribution in [1.82, 2.24) is 0 Å². The van der Waals surface area contributed by atoms with E-state index in [2.05, 4.69) is 0 Å². The smallest absolute Gasteiger partial charge is 0.339 e. The van der Waals surface area contributed by atoms with Gasteiger partial charge < -0.3 is 8.83 Å². The van der Waals surface area contributed by atoms with E-state index in [4.69, 9.17) is 8.83 Å². The molecule has 1 aromatic rings. The molecule has 1 aromatic heterocycles. The zero-order valence-corrected chi connectivity index (χ0v) is 9.57. The summed E-state index contributed by atoms with van der Waals surface area (Å²) < 4.78 is 10.0. The quantitative estimate of drug-likeness (QED) is 0.728. The Balaban J connectivity index is 3.69. The van der Waals surface area contributed by atoms with E-state index in [1.807, 2.05) is 6.92 Å². The molecule has 4 nitrogen and oxygen atoms in total. The van der Waals surface area contributed by atoms with Gasteiger partial charge in [-0.25, -0.2) is 9.59 Å². The highest BCUT2D eigenvalue weighted by molar-refractivity contribution is 5.03. The van der Waals surface area contributed by atoms with Gasteiger partial charge in [-0.3, -0.25) is 0 Å². The Morgan fingerprint density at radius 3 is 2.44 bits per heavy atom. The minimum absolute atomic E-state index is 0.221. The second-order valence-corrected chi connectivity index (χ2v) is 3.40. The predicted octanol–water partition coefficient (Wildman–Crippen LogP) is 1.90. The van der Waals surface area contributed by atoms with E-state index in [0.717, 1.165) is 6.07 Å². The number of rotatable bonds is 1. The Kier molecular flexibility index (Phi) is 4.05. The van der Waals surface area contributed by atoms with Crippen molar-refractivity contribution in [3.05, 3.63) is 56.1 Å². The molecule has 4 heteroatoms. The topological polar surface area (TPSA) is 60.4 Å². The van der Waals surface area contributed by atoms with Gasteiger partial charge in [-0.05, 0) is 26.0 Å². The Morgan fingerprint density at radius 1 is 1.12 bits per heavy atom. The van der Waals surface area contributed by atoms with Crippen molar-refractivity contribution >= 4 is 0 Å². The van der Waals surface area contributed by atoms with Gasteiger partial charge in [-0.1, -0.05) is 6.92 Å². The number of hydrogen-bond donors (Lipinski definition) is 0. The summed E-state index contributed by atoms with van der Waals surface area (Å²) in [5, 5.41) is 0. The van der Waals surface area contributed by atoms with Crippen molar-refractivity contribution in [3.8, 4) is 0 Å². The van der Waals surface area contributed by atoms with E-state index in [0.29, 0.717) is 17.9 Å². The van der Waals surface area contributed by atoms with E-state index in [-0.39, 0.29) is 5.56 Å². The SMILES string of the molecule is CCc1ccc(C)oc(=O)cc(C)c(=O)o1. The molecular weight excluding hydrogens is 208 g/mol. The maximum absolute atomic E-state index is 11.5. The molecular formula is C12H14O4. The highest BCUT2D eigenvalue weighted by Gasteiger charge is 1.95. The second kappa shape index (κ2) is 5.30. The third-order valence-corrected chi connectivity index (χ3v) is 1.99. The summed E-state index contributed by atoms with van der Waals surface area (Å²) >= 11 is 0. The lowest BCUT2D eigenvalue weighted by Gasteiger charge is -1.91. The Hall–Kier alpha value is -1.84. The van der Waals surface area contributed by atoms with Crippen molar-refractivity contribution in [1.29, 1.82) is 0 Å². The van der Waals surface area contributed by atoms with Gasteiger partial charge in [-0.2, -0.15) is 0 Å². The molecule has 0 spiro atoms. The summed E-state index contributed by atoms with van der Waals surface area (Å²) in [5.74, 6) is 0.994. The van der Waals surface area contributed by atoms with Crippen LogP contribution >= 0.6 is 0 Å². The molecule has 0 bridgehead atoms. The average Bonchev–Trinajstić information content (AvgIpc) is 2.22. The highest BCUT2D eigenvalue weighted by atomic mass is 16.4. The molecule has 0 amide bonds. The highest BCUT2D eigenvalue weighted by Crippen LogP contribution is 1.96. The molecule has 0 unspecified atom stereocenters. The molecule has 1 heterocycles. The van der Waals surface area contributed by atoms with E-state index in [9.17, 15) is 9.59 Å². The summed E-state index contributed by atoms with van der Waals surface area (Å²) in [6, 6.07) is 4.34. The lowest BCUT2D eigenvalue weighted by Crippen LogP contribution is -2.05. The molecule has 0 saturated heterocycles. The first kappa shape index (κ1) is 12.2. The van der Waals surface area contributed by atoms with Gasteiger partial charge in [0, 0.05) is 18.1 Å². The van der Waals surface area contributed by atoms with Gasteiger partial charge in [0.25, 0.3) is 0 Å². The summed E-state index contributed by atoms with van der Waals surface area (Å²) in [4.78, 5) is 22.7. The van der Waals surface area contributed by atoms with Crippen LogP contribution in [0, 0.1) is 13.8 Å². The molecule has 0 N–H and O–H groups in total. The normalized spacial score (nSPS) is 9.69. The van der Waals surface area contributed by atoms with Crippen LogP contribution in [0.5, 0.6) is 0 Å². The minimum Gasteiger partial charge on any atom is -0.428 e. The summed E-state index contributed by atoms with van der Waals surface area (Å²) in [7, 11) is 0. The third-order valence-electron chi connectivity index (χ3n) is 1.99. The van der Waals surface area contributed by atoms with Gasteiger partial charge in [0.15, 0.2) is 0 Å². The van der Waals surface area contributed by atoms with Crippen LogP contribution in [0.2, 0.25) is 0 Å². The van der Waals surface area contributed by atoms with E-state index >= 15 is 0 Å². The Bertz CT molecular complexity index is 536. The lowest BCUT2D eigenvalue weighted by atomic mass is 10.3. The summed E-state index contributed by atoms with van der Waals surface area (Å²) in [5.41, 5.74) is -0.881. The largest absolute Gasteiger partial charge is 0.428 e. The van der Waals surface area contributed by atoms with Crippen molar-refractivity contribution in [3.63, 3.8) is 0 Å². The predicted molar refractivity (Wildman–Crippen MR) is 60.0 cm³/mol. The second-order valence-electron chi connectivity index (χ2n) is 3.40. The molecule has 16 heavy (non-hydrogen) atoms. The lowest BCUT2D eigenvalue weighted by molar-refractivity contribution is 0.457. The Labute approximate surface area is 92.9 Å². The van der Waals surface area contributed by atoms with Crippen molar-refractivity contribution in [2.45, 2.75) is 27.2 Å². The van der Waals surface area contributed by atoms with Crippen LogP contribution in [-0.4, -0.2) is 0 Å². The molecule has 0 radical (unpaired) electrons. The summed E-state index contributed by atoms with van der Waals surface area (Å²) in [6.07, 6.45) is 0.594. The van der Waals surface area contributed by atoms with Crippen LogP contribution in [0.4, 0.5) is 0 Å². The molecule has 0 fully saturated rings. The maximum atomic E-state index is 11.5. The standard InChI is InChI=1S/C12H14O4/c1-4-10-6-5-9(3)15-11(13)7-8(2)12(14)16-10/h5-7H,4H2,1-3H3. The minimum atomic E-state index is -0.573. The van der Waals surface area contributed by atoms with Gasteiger partial charge in [0.05, 0.1) is 0 Å². The van der Waals surface area contributed by atoms with Crippen LogP contribution in [0.3, 0.4) is 0 Å². The Morgan fingerprint density at radius 2 is 1.81 bits per heavy atom. The van der Waals surface area contributed by atoms with Crippen LogP contribution < -0.4 is 11.3 Å². The van der Waals surface area contributed by atoms with E-state index in [1.165, 1.54) is 6.92 Å². The van der Waals surface area contributed by atoms with Crippen molar-refractivity contribution < 1.29 is 8.83 Å². The maximum Gasteiger partial charge on any atom is 0.339 e. The van der Waals surface area contributed by atoms with Gasteiger partial charge in [-0.15, -0.1) is 0 Å². The fourth-order valence-corrected chi connectivity index (χ4v) is 1.09. The molecule has 0 aliphatic heterocycles. The molecule has 0 aliphatic rings. The van der Waals surface area contributed by atoms with E-state index in [1.54, 1.807) is 19.1 Å². The van der Waals surface area contributed by atoms with Crippen molar-refractivity contribution in [2.75, 3.05) is 0 Å². The van der Waals surface area contributed by atoms with Crippen LogP contribution in [0.25, 0.3) is 0 Å². The molecule has 1 rings (SSSR count). The molecule has 0 aliphatic carbocycles. The van der Waals surface area contributed by atoms with Crippen LogP contribution in [0.1, 0.15) is 24.0 Å². The molecule has 0 atom stereocenters. The first-order valence-electron chi connectivity index (χ1n) is 5.02. The molecule has 0 aromatic carbocycles. The van der Waals surface area contributed by atoms with Gasteiger partial charge in [0.1, 0.15) is 11.5 Å². The zero-order valence-electron chi connectivity index (χ0n) is 9.57. The van der Waals surface area contributed by atoms with Crippen molar-refractivity contribution in [2.24, 2.45) is 0 Å². The van der Waals surface area contributed by atoms with Gasteiger partial charge >= 0.3 is 11.3 Å². The first-order valence-corrected chi connectivity index (χ1v) is 5.02. The summed E-state index contributed by atoms with van der Waals surface area (Å²) in [6.45, 7) is 5.05. The van der Waals surface area contributed by atoms with Crippen LogP contribution in [-0.2, 0) is 6.42 Å². The van der Waals surface area contributed by atoms with E-state index < -0.39 is 11.3 Å². The number of aryl methyl sites for hydroxylation is 3. The average molecular weight is 222 g/mol. The van der Waals surface area contributed by atoms with Gasteiger partial charge in [0.2, 0.25) is 0 Å². The first-order chi connectivity index (χ1) is 7.52. The molecule has 86 valence electrons.